The first kappa shape index (κ1) is 17.5. The van der Waals surface area contributed by atoms with Crippen LogP contribution in [0.3, 0.4) is 0 Å². The maximum atomic E-state index is 6.29. The van der Waals surface area contributed by atoms with E-state index in [1.165, 1.54) is 0 Å². The van der Waals surface area contributed by atoms with Crippen LogP contribution in [0.5, 0.6) is 0 Å². The summed E-state index contributed by atoms with van der Waals surface area (Å²) in [5.41, 5.74) is 6.43. The molecular weight excluding hydrogens is 361 g/mol. The van der Waals surface area contributed by atoms with E-state index in [4.69, 9.17) is 34.9 Å². The van der Waals surface area contributed by atoms with Crippen LogP contribution in [0.15, 0.2) is 35.6 Å². The van der Waals surface area contributed by atoms with Crippen LogP contribution in [-0.2, 0) is 13.0 Å². The highest BCUT2D eigenvalue weighted by molar-refractivity contribution is 6.36. The topological polar surface area (TPSA) is 107 Å². The number of hydrogen-bond acceptors (Lipinski definition) is 5. The van der Waals surface area contributed by atoms with E-state index in [-0.39, 0.29) is 0 Å². The van der Waals surface area contributed by atoms with Crippen molar-refractivity contribution in [3.8, 4) is 0 Å². The van der Waals surface area contributed by atoms with Crippen LogP contribution in [0.4, 0.5) is 0 Å². The fourth-order valence-corrected chi connectivity index (χ4v) is 3.15. The third-order valence-corrected chi connectivity index (χ3v) is 4.61. The molecule has 0 spiro atoms. The normalized spacial score (nSPS) is 11.9. The van der Waals surface area contributed by atoms with Crippen molar-refractivity contribution in [1.29, 1.82) is 0 Å². The summed E-state index contributed by atoms with van der Waals surface area (Å²) in [5.74, 6) is 11.1. The standard InChI is InChI=1S/C16H17Cl2N7/c1-2-13-15-14(6-9(7-21-15)16(22-19)23-20)25(24-13)8-10-11(17)4-3-5-12(10)18/h3-7H,2,8,19-20H2,1H3,(H,22,23). The van der Waals surface area contributed by atoms with Gasteiger partial charge < -0.3 is 11.3 Å². The fourth-order valence-electron chi connectivity index (χ4n) is 2.64. The summed E-state index contributed by atoms with van der Waals surface area (Å²) in [6.07, 6.45) is 2.40. The molecule has 0 atom stereocenters. The Morgan fingerprint density at radius 2 is 2.04 bits per heavy atom. The monoisotopic (exact) mass is 377 g/mol. The first-order valence-corrected chi connectivity index (χ1v) is 8.37. The van der Waals surface area contributed by atoms with Gasteiger partial charge in [-0.2, -0.15) is 10.2 Å². The number of nitrogens with zero attached hydrogens (tertiary/aromatic N) is 4. The first-order valence-electron chi connectivity index (χ1n) is 7.62. The molecule has 130 valence electrons. The lowest BCUT2D eigenvalue weighted by atomic mass is 10.2. The second-order valence-electron chi connectivity index (χ2n) is 5.37. The summed E-state index contributed by atoms with van der Waals surface area (Å²) < 4.78 is 1.82. The number of amidine groups is 1. The third kappa shape index (κ3) is 3.26. The minimum Gasteiger partial charge on any atom is -0.321 e. The maximum absolute atomic E-state index is 6.29. The Labute approximate surface area is 154 Å². The van der Waals surface area contributed by atoms with Crippen molar-refractivity contribution in [1.82, 2.24) is 20.2 Å². The van der Waals surface area contributed by atoms with Crippen LogP contribution in [0.2, 0.25) is 10.0 Å². The quantitative estimate of drug-likeness (QED) is 0.280. The molecule has 0 saturated carbocycles. The molecular formula is C16H17Cl2N7. The predicted molar refractivity (Wildman–Crippen MR) is 101 cm³/mol. The summed E-state index contributed by atoms with van der Waals surface area (Å²) in [4.78, 5) is 4.49. The molecule has 0 unspecified atom stereocenters. The fraction of sp³-hybridized carbons (Fsp3) is 0.188. The zero-order chi connectivity index (χ0) is 18.0. The lowest BCUT2D eigenvalue weighted by molar-refractivity contribution is 0.696. The zero-order valence-corrected chi connectivity index (χ0v) is 15.0. The molecule has 0 bridgehead atoms. The molecule has 0 fully saturated rings. The van der Waals surface area contributed by atoms with Crippen LogP contribution in [0.1, 0.15) is 23.7 Å². The highest BCUT2D eigenvalue weighted by Crippen LogP contribution is 2.27. The van der Waals surface area contributed by atoms with E-state index in [9.17, 15) is 0 Å². The maximum Gasteiger partial charge on any atom is 0.168 e. The molecule has 0 aliphatic heterocycles. The highest BCUT2D eigenvalue weighted by Gasteiger charge is 2.15. The molecule has 0 radical (unpaired) electrons. The summed E-state index contributed by atoms with van der Waals surface area (Å²) >= 11 is 12.6. The number of rotatable bonds is 4. The van der Waals surface area contributed by atoms with Crippen molar-refractivity contribution < 1.29 is 0 Å². The summed E-state index contributed by atoms with van der Waals surface area (Å²) in [6.45, 7) is 2.45. The van der Waals surface area contributed by atoms with Crippen molar-refractivity contribution in [3.63, 3.8) is 0 Å². The molecule has 2 heterocycles. The van der Waals surface area contributed by atoms with Crippen LogP contribution in [0.25, 0.3) is 11.0 Å². The van der Waals surface area contributed by atoms with Gasteiger partial charge in [0.2, 0.25) is 0 Å². The Kier molecular flexibility index (Phi) is 5.08. The molecule has 9 heteroatoms. The van der Waals surface area contributed by atoms with Gasteiger partial charge in [-0.25, -0.2) is 5.84 Å². The van der Waals surface area contributed by atoms with Crippen LogP contribution < -0.4 is 17.1 Å². The number of hydrazine groups is 1. The molecule has 2 aromatic heterocycles. The number of hydrazone groups is 1. The molecule has 1 aromatic carbocycles. The van der Waals surface area contributed by atoms with Gasteiger partial charge in [0.15, 0.2) is 5.84 Å². The smallest absolute Gasteiger partial charge is 0.168 e. The second kappa shape index (κ2) is 7.26. The number of benzene rings is 1. The van der Waals surface area contributed by atoms with Crippen molar-refractivity contribution in [3.05, 3.63) is 57.3 Å². The molecule has 5 N–H and O–H groups in total. The molecule has 7 nitrogen and oxygen atoms in total. The van der Waals surface area contributed by atoms with Crippen LogP contribution in [0, 0.1) is 0 Å². The van der Waals surface area contributed by atoms with E-state index in [1.54, 1.807) is 18.3 Å². The average molecular weight is 378 g/mol. The highest BCUT2D eigenvalue weighted by atomic mass is 35.5. The number of nitrogens with one attached hydrogen (secondary N) is 1. The second-order valence-corrected chi connectivity index (χ2v) is 6.19. The van der Waals surface area contributed by atoms with Crippen molar-refractivity contribution in [2.24, 2.45) is 16.8 Å². The minimum absolute atomic E-state index is 0.330. The van der Waals surface area contributed by atoms with Gasteiger partial charge in [-0.15, -0.1) is 0 Å². The molecule has 25 heavy (non-hydrogen) atoms. The van der Waals surface area contributed by atoms with E-state index in [0.29, 0.717) is 28.0 Å². The molecule has 0 aliphatic rings. The van der Waals surface area contributed by atoms with Crippen molar-refractivity contribution in [2.75, 3.05) is 0 Å². The number of hydrogen-bond donors (Lipinski definition) is 3. The Bertz CT molecular complexity index is 929. The summed E-state index contributed by atoms with van der Waals surface area (Å²) in [7, 11) is 0. The molecule has 0 saturated heterocycles. The molecule has 3 aromatic rings. The zero-order valence-electron chi connectivity index (χ0n) is 13.5. The SMILES string of the molecule is CCc1nn(Cc2c(Cl)cccc2Cl)c2cc(/C(=N/N)NN)cnc12. The van der Waals surface area contributed by atoms with Gasteiger partial charge in [-0.3, -0.25) is 9.67 Å². The van der Waals surface area contributed by atoms with E-state index >= 15 is 0 Å². The van der Waals surface area contributed by atoms with Crippen LogP contribution in [-0.4, -0.2) is 20.6 Å². The number of halogens is 2. The van der Waals surface area contributed by atoms with E-state index in [0.717, 1.165) is 28.7 Å². The Hall–Kier alpha value is -2.35. The third-order valence-electron chi connectivity index (χ3n) is 3.90. The Morgan fingerprint density at radius 1 is 1.32 bits per heavy atom. The van der Waals surface area contributed by atoms with Gasteiger partial charge in [0.1, 0.15) is 5.52 Å². The Balaban J connectivity index is 2.15. The van der Waals surface area contributed by atoms with Crippen molar-refractivity contribution >= 4 is 40.1 Å². The van der Waals surface area contributed by atoms with Gasteiger partial charge in [0.25, 0.3) is 0 Å². The number of aryl methyl sites for hydroxylation is 1. The minimum atomic E-state index is 0.330. The molecule has 0 aliphatic carbocycles. The van der Waals surface area contributed by atoms with Gasteiger partial charge in [-0.1, -0.05) is 36.2 Å². The number of fused-ring (bicyclic) bond motifs is 1. The summed E-state index contributed by atoms with van der Waals surface area (Å²) in [5, 5.41) is 9.45. The number of pyridine rings is 1. The average Bonchev–Trinajstić information content (AvgIpc) is 2.96. The van der Waals surface area contributed by atoms with E-state index < -0.39 is 0 Å². The molecule has 0 amide bonds. The summed E-state index contributed by atoms with van der Waals surface area (Å²) in [6, 6.07) is 7.29. The van der Waals surface area contributed by atoms with Gasteiger partial charge in [-0.05, 0) is 24.6 Å². The lowest BCUT2D eigenvalue weighted by Gasteiger charge is -2.09. The van der Waals surface area contributed by atoms with Gasteiger partial charge in [0.05, 0.1) is 17.8 Å². The number of aromatic nitrogens is 3. The van der Waals surface area contributed by atoms with Gasteiger partial charge >= 0.3 is 0 Å². The first-order chi connectivity index (χ1) is 12.1. The predicted octanol–water partition coefficient (Wildman–Crippen LogP) is 2.43. The number of nitrogens with two attached hydrogens (primary N) is 2. The van der Waals surface area contributed by atoms with Crippen LogP contribution >= 0.6 is 23.2 Å². The van der Waals surface area contributed by atoms with Crippen molar-refractivity contribution in [2.45, 2.75) is 19.9 Å². The Morgan fingerprint density at radius 3 is 2.64 bits per heavy atom. The largest absolute Gasteiger partial charge is 0.321 e. The van der Waals surface area contributed by atoms with Gasteiger partial charge in [0, 0.05) is 27.4 Å². The van der Waals surface area contributed by atoms with E-state index in [1.807, 2.05) is 23.7 Å². The molecule has 3 rings (SSSR count). The lowest BCUT2D eigenvalue weighted by Crippen LogP contribution is -2.32. The van der Waals surface area contributed by atoms with E-state index in [2.05, 4.69) is 20.6 Å².